The molecular formula is C14H28N2O2. The van der Waals surface area contributed by atoms with Crippen LogP contribution in [0, 0.1) is 5.92 Å². The molecule has 1 rings (SSSR count). The number of aliphatic hydroxyl groups is 1. The largest absolute Gasteiger partial charge is 0.395 e. The van der Waals surface area contributed by atoms with Crippen molar-refractivity contribution in [1.82, 2.24) is 4.90 Å². The van der Waals surface area contributed by atoms with E-state index in [1.54, 1.807) is 0 Å². The first-order chi connectivity index (χ1) is 8.56. The minimum Gasteiger partial charge on any atom is -0.395 e. The second-order valence-corrected chi connectivity index (χ2v) is 5.71. The fourth-order valence-corrected chi connectivity index (χ4v) is 2.57. The van der Waals surface area contributed by atoms with Crippen molar-refractivity contribution in [3.8, 4) is 0 Å². The number of rotatable bonds is 6. The second kappa shape index (κ2) is 7.74. The van der Waals surface area contributed by atoms with Gasteiger partial charge in [0, 0.05) is 25.0 Å². The number of amides is 1. The third-order valence-electron chi connectivity index (χ3n) is 3.94. The molecule has 3 N–H and O–H groups in total. The molecular weight excluding hydrogens is 228 g/mol. The molecule has 0 saturated heterocycles. The van der Waals surface area contributed by atoms with Gasteiger partial charge in [0.05, 0.1) is 6.61 Å². The molecule has 0 aromatic rings. The van der Waals surface area contributed by atoms with Crippen molar-refractivity contribution in [3.05, 3.63) is 0 Å². The summed E-state index contributed by atoms with van der Waals surface area (Å²) in [5, 5.41) is 9.13. The molecule has 106 valence electrons. The van der Waals surface area contributed by atoms with E-state index in [0.29, 0.717) is 24.9 Å². The van der Waals surface area contributed by atoms with Gasteiger partial charge in [-0.05, 0) is 18.8 Å². The molecule has 0 aliphatic heterocycles. The van der Waals surface area contributed by atoms with Crippen molar-refractivity contribution in [3.63, 3.8) is 0 Å². The number of nitrogens with zero attached hydrogens (tertiary/aromatic N) is 1. The molecule has 0 radical (unpaired) electrons. The van der Waals surface area contributed by atoms with Gasteiger partial charge in [-0.15, -0.1) is 0 Å². The van der Waals surface area contributed by atoms with Crippen molar-refractivity contribution < 1.29 is 9.90 Å². The van der Waals surface area contributed by atoms with E-state index in [-0.39, 0.29) is 18.6 Å². The highest BCUT2D eigenvalue weighted by Gasteiger charge is 2.26. The average molecular weight is 256 g/mol. The molecule has 1 atom stereocenters. The van der Waals surface area contributed by atoms with Crippen LogP contribution in [-0.2, 0) is 4.79 Å². The Labute approximate surface area is 111 Å². The first kappa shape index (κ1) is 15.4. The van der Waals surface area contributed by atoms with Gasteiger partial charge >= 0.3 is 0 Å². The van der Waals surface area contributed by atoms with E-state index in [1.807, 2.05) is 18.7 Å². The molecule has 0 aromatic heterocycles. The van der Waals surface area contributed by atoms with Gasteiger partial charge in [-0.2, -0.15) is 0 Å². The highest BCUT2D eigenvalue weighted by molar-refractivity contribution is 5.77. The van der Waals surface area contributed by atoms with Crippen molar-refractivity contribution in [1.29, 1.82) is 0 Å². The molecule has 0 heterocycles. The van der Waals surface area contributed by atoms with Crippen molar-refractivity contribution in [2.45, 2.75) is 64.5 Å². The zero-order valence-corrected chi connectivity index (χ0v) is 11.8. The van der Waals surface area contributed by atoms with Crippen molar-refractivity contribution >= 4 is 5.91 Å². The minimum absolute atomic E-state index is 0.0408. The molecule has 1 unspecified atom stereocenters. The maximum atomic E-state index is 12.3. The smallest absolute Gasteiger partial charge is 0.224 e. The quantitative estimate of drug-likeness (QED) is 0.757. The lowest BCUT2D eigenvalue weighted by Crippen LogP contribution is -2.45. The van der Waals surface area contributed by atoms with Gasteiger partial charge in [-0.1, -0.05) is 33.1 Å². The molecule has 0 bridgehead atoms. The Bertz CT molecular complexity index is 250. The van der Waals surface area contributed by atoms with Crippen LogP contribution < -0.4 is 5.73 Å². The molecule has 1 aliphatic carbocycles. The first-order valence-electron chi connectivity index (χ1n) is 7.22. The van der Waals surface area contributed by atoms with Gasteiger partial charge in [0.25, 0.3) is 0 Å². The number of hydrogen-bond donors (Lipinski definition) is 2. The highest BCUT2D eigenvalue weighted by Crippen LogP contribution is 2.23. The first-order valence-corrected chi connectivity index (χ1v) is 7.22. The van der Waals surface area contributed by atoms with Crippen LogP contribution in [-0.4, -0.2) is 41.1 Å². The molecule has 1 saturated carbocycles. The van der Waals surface area contributed by atoms with E-state index >= 15 is 0 Å². The van der Waals surface area contributed by atoms with Crippen LogP contribution in [0.4, 0.5) is 0 Å². The average Bonchev–Trinajstić information content (AvgIpc) is 2.36. The fourth-order valence-electron chi connectivity index (χ4n) is 2.57. The number of hydrogen-bond acceptors (Lipinski definition) is 3. The third kappa shape index (κ3) is 4.58. The van der Waals surface area contributed by atoms with Gasteiger partial charge in [-0.3, -0.25) is 4.79 Å². The SMILES string of the molecule is CC(C)C(N)CC(=O)N(CCO)C1CCCCC1. The molecule has 1 aliphatic rings. The summed E-state index contributed by atoms with van der Waals surface area (Å²) in [4.78, 5) is 14.1. The second-order valence-electron chi connectivity index (χ2n) is 5.71. The van der Waals surface area contributed by atoms with Crippen molar-refractivity contribution in [2.75, 3.05) is 13.2 Å². The van der Waals surface area contributed by atoms with E-state index < -0.39 is 0 Å². The monoisotopic (exact) mass is 256 g/mol. The summed E-state index contributed by atoms with van der Waals surface area (Å²) < 4.78 is 0. The highest BCUT2D eigenvalue weighted by atomic mass is 16.3. The summed E-state index contributed by atoms with van der Waals surface area (Å²) in [6.45, 7) is 4.57. The van der Waals surface area contributed by atoms with Crippen LogP contribution in [0.5, 0.6) is 0 Å². The normalized spacial score (nSPS) is 18.9. The van der Waals surface area contributed by atoms with E-state index in [9.17, 15) is 4.79 Å². The Morgan fingerprint density at radius 2 is 1.94 bits per heavy atom. The molecule has 0 spiro atoms. The van der Waals surface area contributed by atoms with Crippen LogP contribution >= 0.6 is 0 Å². The maximum absolute atomic E-state index is 12.3. The summed E-state index contributed by atoms with van der Waals surface area (Å²) in [6, 6.07) is 0.236. The lowest BCUT2D eigenvalue weighted by molar-refractivity contribution is -0.135. The molecule has 18 heavy (non-hydrogen) atoms. The maximum Gasteiger partial charge on any atom is 0.224 e. The molecule has 4 nitrogen and oxygen atoms in total. The standard InChI is InChI=1S/C14H28N2O2/c1-11(2)13(15)10-14(18)16(8-9-17)12-6-4-3-5-7-12/h11-13,17H,3-10,15H2,1-2H3. The predicted molar refractivity (Wildman–Crippen MR) is 73.1 cm³/mol. The lowest BCUT2D eigenvalue weighted by Gasteiger charge is -2.35. The van der Waals surface area contributed by atoms with Crippen LogP contribution in [0.15, 0.2) is 0 Å². The van der Waals surface area contributed by atoms with Crippen LogP contribution in [0.3, 0.4) is 0 Å². The summed E-state index contributed by atoms with van der Waals surface area (Å²) in [6.07, 6.45) is 6.19. The Morgan fingerprint density at radius 1 is 1.33 bits per heavy atom. The molecule has 0 aromatic carbocycles. The van der Waals surface area contributed by atoms with E-state index in [2.05, 4.69) is 0 Å². The number of nitrogens with two attached hydrogens (primary N) is 1. The van der Waals surface area contributed by atoms with Gasteiger partial charge in [0.1, 0.15) is 0 Å². The Morgan fingerprint density at radius 3 is 2.44 bits per heavy atom. The molecule has 1 amide bonds. The van der Waals surface area contributed by atoms with E-state index in [4.69, 9.17) is 10.8 Å². The Kier molecular flexibility index (Phi) is 6.65. The predicted octanol–water partition coefficient (Wildman–Crippen LogP) is 1.51. The van der Waals surface area contributed by atoms with Crippen LogP contribution in [0.1, 0.15) is 52.4 Å². The van der Waals surface area contributed by atoms with Gasteiger partial charge in [-0.25, -0.2) is 0 Å². The van der Waals surface area contributed by atoms with E-state index in [1.165, 1.54) is 19.3 Å². The van der Waals surface area contributed by atoms with Crippen LogP contribution in [0.2, 0.25) is 0 Å². The summed E-state index contributed by atoms with van der Waals surface area (Å²) >= 11 is 0. The topological polar surface area (TPSA) is 66.6 Å². The zero-order valence-electron chi connectivity index (χ0n) is 11.8. The fraction of sp³-hybridized carbons (Fsp3) is 0.929. The Hall–Kier alpha value is -0.610. The zero-order chi connectivity index (χ0) is 13.5. The van der Waals surface area contributed by atoms with E-state index in [0.717, 1.165) is 12.8 Å². The van der Waals surface area contributed by atoms with Crippen LogP contribution in [0.25, 0.3) is 0 Å². The number of carbonyl (C=O) groups is 1. The summed E-state index contributed by atoms with van der Waals surface area (Å²) in [7, 11) is 0. The molecule has 4 heteroatoms. The van der Waals surface area contributed by atoms with Gasteiger partial charge < -0.3 is 15.7 Å². The summed E-state index contributed by atoms with van der Waals surface area (Å²) in [5.41, 5.74) is 5.97. The van der Waals surface area contributed by atoms with Gasteiger partial charge in [0.15, 0.2) is 0 Å². The lowest BCUT2D eigenvalue weighted by atomic mass is 9.93. The third-order valence-corrected chi connectivity index (χ3v) is 3.94. The number of carbonyl (C=O) groups excluding carboxylic acids is 1. The number of aliphatic hydroxyl groups excluding tert-OH is 1. The summed E-state index contributed by atoms with van der Waals surface area (Å²) in [5.74, 6) is 0.424. The Balaban J connectivity index is 2.56. The minimum atomic E-state index is -0.0812. The molecule has 1 fully saturated rings. The van der Waals surface area contributed by atoms with Crippen molar-refractivity contribution in [2.24, 2.45) is 11.7 Å². The van der Waals surface area contributed by atoms with Gasteiger partial charge in [0.2, 0.25) is 5.91 Å².